The number of carbonyl (C=O) groups is 4. The highest BCUT2D eigenvalue weighted by molar-refractivity contribution is 7.86. The van der Waals surface area contributed by atoms with E-state index in [-0.39, 0.29) is 0 Å². The fourth-order valence-electron chi connectivity index (χ4n) is 0.416. The van der Waals surface area contributed by atoms with Crippen LogP contribution in [-0.4, -0.2) is 62.9 Å². The molecule has 0 rings (SSSR count). The number of carboxylic acids is 1. The van der Waals surface area contributed by atoms with Gasteiger partial charge < -0.3 is 14.0 Å². The van der Waals surface area contributed by atoms with Gasteiger partial charge in [0.05, 0.1) is 12.5 Å². The highest BCUT2D eigenvalue weighted by Gasteiger charge is 2.02. The molecule has 0 unspecified atom stereocenters. The third-order valence-electron chi connectivity index (χ3n) is 0.556. The molecular weight excluding hydrogens is 376 g/mol. The second-order valence-electron chi connectivity index (χ2n) is 3.62. The number of aliphatic carboxylic acids is 1. The van der Waals surface area contributed by atoms with E-state index >= 15 is 0 Å². The first kappa shape index (κ1) is 29.9. The first-order chi connectivity index (χ1) is 10.3. The van der Waals surface area contributed by atoms with Crippen LogP contribution in [0.2, 0.25) is 0 Å². The zero-order valence-electron chi connectivity index (χ0n) is 13.8. The lowest BCUT2D eigenvalue weighted by Crippen LogP contribution is -2.06. The van der Waals surface area contributed by atoms with Gasteiger partial charge in [0.1, 0.15) is 0 Å². The average Bonchev–Trinajstić information content (AvgIpc) is 2.05. The van der Waals surface area contributed by atoms with E-state index in [9.17, 15) is 31.2 Å². The predicted octanol–water partition coefficient (Wildman–Crippen LogP) is -0.800. The Morgan fingerprint density at radius 3 is 0.958 bits per heavy atom. The van der Waals surface area contributed by atoms with Gasteiger partial charge in [0.2, 0.25) is 0 Å². The summed E-state index contributed by atoms with van der Waals surface area (Å²) in [6.45, 7) is 4.48. The Hall–Kier alpha value is -2.06. The first-order valence-corrected chi connectivity index (χ1v) is 9.15. The monoisotopic (exact) mass is 396 g/mol. The van der Waals surface area contributed by atoms with Gasteiger partial charge in [0.25, 0.3) is 16.1 Å². The van der Waals surface area contributed by atoms with E-state index in [1.165, 1.54) is 13.8 Å². The van der Waals surface area contributed by atoms with Crippen LogP contribution in [0, 0.1) is 0 Å². The smallest absolute Gasteiger partial charge is 0.319 e. The lowest BCUT2D eigenvalue weighted by atomic mass is 10.7. The van der Waals surface area contributed by atoms with E-state index in [2.05, 4.69) is 8.92 Å². The Morgan fingerprint density at radius 2 is 0.958 bits per heavy atom. The minimum Gasteiger partial charge on any atom is -0.481 e. The molecule has 0 radical (unpaired) electrons. The molecule has 0 aromatic rings. The summed E-state index contributed by atoms with van der Waals surface area (Å²) in [5.74, 6) is -2.77. The number of ether oxygens (including phenoxy) is 1. The van der Waals surface area contributed by atoms with Gasteiger partial charge in [-0.1, -0.05) is 0 Å². The van der Waals surface area contributed by atoms with Crippen LogP contribution in [0.1, 0.15) is 27.7 Å². The Balaban J connectivity index is -0.000000115. The third kappa shape index (κ3) is 149. The van der Waals surface area contributed by atoms with Gasteiger partial charge in [-0.3, -0.25) is 23.7 Å². The number of hydrogen-bond acceptors (Lipinski definition) is 10. The summed E-state index contributed by atoms with van der Waals surface area (Å²) < 4.78 is 53.6. The maximum absolute atomic E-state index is 10.00. The number of hydrogen-bond donors (Lipinski definition) is 2. The van der Waals surface area contributed by atoms with Crippen LogP contribution in [0.5, 0.6) is 0 Å². The molecule has 0 aliphatic heterocycles. The highest BCUT2D eigenvalue weighted by Crippen LogP contribution is 1.84. The molecule has 0 spiro atoms. The van der Waals surface area contributed by atoms with Crippen molar-refractivity contribution < 1.29 is 54.6 Å². The topological polar surface area (TPSA) is 195 Å². The van der Waals surface area contributed by atoms with Gasteiger partial charge in [-0.05, 0) is 0 Å². The molecule has 0 heterocycles. The summed E-state index contributed by atoms with van der Waals surface area (Å²) in [4.78, 5) is 38.5. The Kier molecular flexibility index (Phi) is 18.1. The molecule has 144 valence electrons. The predicted molar refractivity (Wildman–Crippen MR) is 79.8 cm³/mol. The molecule has 0 amide bonds. The zero-order chi connectivity index (χ0) is 20.7. The fourth-order valence-corrected chi connectivity index (χ4v) is 0.842. The maximum atomic E-state index is 10.00. The van der Waals surface area contributed by atoms with Crippen molar-refractivity contribution in [3.8, 4) is 0 Å². The third-order valence-corrected chi connectivity index (χ3v) is 1.09. The molecule has 0 aromatic carbocycles. The molecule has 12 nitrogen and oxygen atoms in total. The lowest BCUT2D eigenvalue weighted by Gasteiger charge is -1.92. The summed E-state index contributed by atoms with van der Waals surface area (Å²) >= 11 is 0. The largest absolute Gasteiger partial charge is 0.481 e. The average molecular weight is 396 g/mol. The zero-order valence-corrected chi connectivity index (χ0v) is 15.4. The maximum Gasteiger partial charge on any atom is 0.319 e. The van der Waals surface area contributed by atoms with Crippen LogP contribution in [0.3, 0.4) is 0 Å². The Morgan fingerprint density at radius 1 is 0.750 bits per heavy atom. The molecule has 0 atom stereocenters. The van der Waals surface area contributed by atoms with E-state index < -0.39 is 44.1 Å². The summed E-state index contributed by atoms with van der Waals surface area (Å²) in [7, 11) is -7.24. The van der Waals surface area contributed by atoms with Crippen molar-refractivity contribution >= 4 is 44.1 Å². The SMILES string of the molecule is CC(=O)O.CC(=O)OC(C)=O.CC(=O)OS(C)(=O)=O.CS(=O)(=O)O. The minimum atomic E-state index is -3.67. The van der Waals surface area contributed by atoms with E-state index in [1.807, 2.05) is 0 Å². The van der Waals surface area contributed by atoms with Gasteiger partial charge in [-0.25, -0.2) is 0 Å². The molecule has 24 heavy (non-hydrogen) atoms. The normalized spacial score (nSPS) is 9.29. The summed E-state index contributed by atoms with van der Waals surface area (Å²) in [5, 5.41) is 7.42. The van der Waals surface area contributed by atoms with Gasteiger partial charge >= 0.3 is 28.0 Å². The molecule has 0 fully saturated rings. The van der Waals surface area contributed by atoms with Crippen molar-refractivity contribution in [2.45, 2.75) is 27.7 Å². The van der Waals surface area contributed by atoms with Crippen LogP contribution in [-0.2, 0) is 48.3 Å². The van der Waals surface area contributed by atoms with Crippen molar-refractivity contribution in [3.05, 3.63) is 0 Å². The van der Waals surface area contributed by atoms with E-state index in [1.54, 1.807) is 0 Å². The standard InChI is InChI=1S/C4H6O3.C3H6O4S.C2H4O2.CH4O3S/c1-3(5)7-4(2)6;1-3(4)7-8(2,5)6;1-2(3)4;1-5(2,3)4/h1-2H3;1-2H3;1H3,(H,3,4);1H3,(H,2,3,4). The molecule has 0 aliphatic rings. The van der Waals surface area contributed by atoms with Gasteiger partial charge in [-0.2, -0.15) is 16.8 Å². The minimum absolute atomic E-state index is 0.562. The van der Waals surface area contributed by atoms with Crippen molar-refractivity contribution in [2.75, 3.05) is 12.5 Å². The number of esters is 2. The van der Waals surface area contributed by atoms with Crippen LogP contribution in [0.15, 0.2) is 0 Å². The van der Waals surface area contributed by atoms with E-state index in [4.69, 9.17) is 14.5 Å². The van der Waals surface area contributed by atoms with Crippen LogP contribution >= 0.6 is 0 Å². The van der Waals surface area contributed by atoms with Crippen molar-refractivity contribution in [1.29, 1.82) is 0 Å². The molecule has 0 saturated heterocycles. The molecule has 0 bridgehead atoms. The summed E-state index contributed by atoms with van der Waals surface area (Å²) in [6, 6.07) is 0. The highest BCUT2D eigenvalue weighted by atomic mass is 32.2. The first-order valence-electron chi connectivity index (χ1n) is 5.48. The molecule has 0 saturated carbocycles. The second-order valence-corrected chi connectivity index (χ2v) is 6.66. The summed E-state index contributed by atoms with van der Waals surface area (Å²) in [5.41, 5.74) is 0. The second kappa shape index (κ2) is 14.5. The van der Waals surface area contributed by atoms with Gasteiger partial charge in [-0.15, -0.1) is 0 Å². The number of rotatable bonds is 1. The van der Waals surface area contributed by atoms with E-state index in [0.29, 0.717) is 6.26 Å². The van der Waals surface area contributed by atoms with Crippen molar-refractivity contribution in [1.82, 2.24) is 0 Å². The van der Waals surface area contributed by atoms with Crippen molar-refractivity contribution in [3.63, 3.8) is 0 Å². The van der Waals surface area contributed by atoms with E-state index in [0.717, 1.165) is 20.1 Å². The Bertz CT molecular complexity index is 590. The van der Waals surface area contributed by atoms with Crippen LogP contribution in [0.25, 0.3) is 0 Å². The lowest BCUT2D eigenvalue weighted by molar-refractivity contribution is -0.156. The molecule has 0 aliphatic carbocycles. The molecule has 2 N–H and O–H groups in total. The molecular formula is C10H20O12S2. The number of carboxylic acid groups (broad SMARTS) is 1. The van der Waals surface area contributed by atoms with Crippen LogP contribution in [0.4, 0.5) is 0 Å². The van der Waals surface area contributed by atoms with Gasteiger partial charge in [0, 0.05) is 27.7 Å². The molecule has 0 aromatic heterocycles. The molecule has 14 heteroatoms. The van der Waals surface area contributed by atoms with Gasteiger partial charge in [0.15, 0.2) is 0 Å². The Labute approximate surface area is 139 Å². The van der Waals surface area contributed by atoms with Crippen LogP contribution < -0.4 is 0 Å². The quantitative estimate of drug-likeness (QED) is 0.243. The summed E-state index contributed by atoms with van der Waals surface area (Å²) in [6.07, 6.45) is 1.53. The number of carbonyl (C=O) groups excluding carboxylic acids is 3. The fraction of sp³-hybridized carbons (Fsp3) is 0.600. The van der Waals surface area contributed by atoms with Crippen molar-refractivity contribution in [2.24, 2.45) is 0 Å².